The largest absolute Gasteiger partial charge is 0.478 e. The Kier molecular flexibility index (Phi) is 5.28. The van der Waals surface area contributed by atoms with Gasteiger partial charge in [-0.2, -0.15) is 0 Å². The molecule has 0 aliphatic rings. The highest BCUT2D eigenvalue weighted by atomic mass is 79.9. The van der Waals surface area contributed by atoms with Crippen molar-refractivity contribution in [1.29, 1.82) is 0 Å². The number of anilines is 1. The van der Waals surface area contributed by atoms with Crippen molar-refractivity contribution in [2.75, 3.05) is 25.1 Å². The second-order valence-electron chi connectivity index (χ2n) is 3.12. The lowest BCUT2D eigenvalue weighted by atomic mass is 10.2. The molecule has 0 bridgehead atoms. The van der Waals surface area contributed by atoms with Crippen molar-refractivity contribution in [2.24, 2.45) is 0 Å². The number of hydrogen-bond acceptors (Lipinski definition) is 3. The van der Waals surface area contributed by atoms with Gasteiger partial charge < -0.3 is 15.2 Å². The van der Waals surface area contributed by atoms with Crippen LogP contribution in [0, 0.1) is 0 Å². The monoisotopic (exact) mass is 287 g/mol. The van der Waals surface area contributed by atoms with Gasteiger partial charge in [0.05, 0.1) is 12.2 Å². The Labute approximate surface area is 103 Å². The molecular formula is C11H14BrNO3. The first-order chi connectivity index (χ1) is 7.65. The molecule has 0 radical (unpaired) electrons. The molecule has 2 N–H and O–H groups in total. The smallest absolute Gasteiger partial charge is 0.337 e. The van der Waals surface area contributed by atoms with Crippen LogP contribution in [0.25, 0.3) is 0 Å². The van der Waals surface area contributed by atoms with Crippen molar-refractivity contribution in [3.8, 4) is 0 Å². The number of carboxylic acids is 1. The molecule has 0 aliphatic carbocycles. The molecule has 5 heteroatoms. The van der Waals surface area contributed by atoms with Crippen molar-refractivity contribution < 1.29 is 14.6 Å². The summed E-state index contributed by atoms with van der Waals surface area (Å²) in [7, 11) is 0. The van der Waals surface area contributed by atoms with Gasteiger partial charge in [0.2, 0.25) is 0 Å². The van der Waals surface area contributed by atoms with E-state index in [1.165, 1.54) is 0 Å². The van der Waals surface area contributed by atoms with Crippen LogP contribution < -0.4 is 5.32 Å². The molecule has 1 aromatic rings. The van der Waals surface area contributed by atoms with E-state index in [4.69, 9.17) is 9.84 Å². The highest BCUT2D eigenvalue weighted by Gasteiger charge is 2.09. The van der Waals surface area contributed by atoms with Gasteiger partial charge in [-0.05, 0) is 25.1 Å². The summed E-state index contributed by atoms with van der Waals surface area (Å²) in [6.45, 7) is 3.72. The minimum absolute atomic E-state index is 0.264. The molecule has 0 saturated heterocycles. The zero-order valence-corrected chi connectivity index (χ0v) is 10.6. The minimum atomic E-state index is -0.939. The lowest BCUT2D eigenvalue weighted by Gasteiger charge is -2.09. The second kappa shape index (κ2) is 6.50. The number of carboxylic acid groups (broad SMARTS) is 1. The first-order valence-corrected chi connectivity index (χ1v) is 5.79. The van der Waals surface area contributed by atoms with E-state index in [1.54, 1.807) is 18.2 Å². The molecule has 88 valence electrons. The molecule has 0 aromatic heterocycles. The summed E-state index contributed by atoms with van der Waals surface area (Å²) < 4.78 is 6.01. The standard InChI is InChI=1S/C11H14BrNO3/c1-2-16-6-5-13-10-7-8(12)3-4-9(10)11(14)15/h3-4,7,13H,2,5-6H2,1H3,(H,14,15). The Balaban J connectivity index is 2.68. The normalized spacial score (nSPS) is 10.1. The van der Waals surface area contributed by atoms with Crippen LogP contribution in [-0.4, -0.2) is 30.8 Å². The molecular weight excluding hydrogens is 274 g/mol. The van der Waals surface area contributed by atoms with E-state index in [9.17, 15) is 4.79 Å². The summed E-state index contributed by atoms with van der Waals surface area (Å²) >= 11 is 3.30. The predicted octanol–water partition coefficient (Wildman–Crippen LogP) is 2.60. The van der Waals surface area contributed by atoms with Crippen LogP contribution in [-0.2, 0) is 4.74 Å². The van der Waals surface area contributed by atoms with Gasteiger partial charge in [0.25, 0.3) is 0 Å². The van der Waals surface area contributed by atoms with E-state index < -0.39 is 5.97 Å². The Morgan fingerprint density at radius 1 is 1.56 bits per heavy atom. The molecule has 0 saturated carbocycles. The van der Waals surface area contributed by atoms with Gasteiger partial charge in [0.1, 0.15) is 0 Å². The number of nitrogens with one attached hydrogen (secondary N) is 1. The Morgan fingerprint density at radius 2 is 2.31 bits per heavy atom. The quantitative estimate of drug-likeness (QED) is 0.790. The fraction of sp³-hybridized carbons (Fsp3) is 0.364. The number of hydrogen-bond donors (Lipinski definition) is 2. The molecule has 0 spiro atoms. The van der Waals surface area contributed by atoms with Crippen LogP contribution >= 0.6 is 15.9 Å². The summed E-state index contributed by atoms with van der Waals surface area (Å²) in [6.07, 6.45) is 0. The zero-order valence-electron chi connectivity index (χ0n) is 9.00. The summed E-state index contributed by atoms with van der Waals surface area (Å²) in [5.41, 5.74) is 0.862. The predicted molar refractivity (Wildman–Crippen MR) is 66.1 cm³/mol. The molecule has 0 aliphatic heterocycles. The Morgan fingerprint density at radius 3 is 2.94 bits per heavy atom. The van der Waals surface area contributed by atoms with Gasteiger partial charge in [-0.1, -0.05) is 15.9 Å². The summed E-state index contributed by atoms with van der Waals surface area (Å²) in [5.74, 6) is -0.939. The van der Waals surface area contributed by atoms with Crippen LogP contribution in [0.15, 0.2) is 22.7 Å². The molecule has 1 aromatic carbocycles. The average molecular weight is 288 g/mol. The van der Waals surface area contributed by atoms with Crippen molar-refractivity contribution in [2.45, 2.75) is 6.92 Å². The number of rotatable bonds is 6. The maximum Gasteiger partial charge on any atom is 0.337 e. The van der Waals surface area contributed by atoms with Gasteiger partial charge in [-0.15, -0.1) is 0 Å². The highest BCUT2D eigenvalue weighted by Crippen LogP contribution is 2.21. The summed E-state index contributed by atoms with van der Waals surface area (Å²) in [6, 6.07) is 5.02. The number of carbonyl (C=O) groups is 1. The summed E-state index contributed by atoms with van der Waals surface area (Å²) in [5, 5.41) is 12.0. The van der Waals surface area contributed by atoms with Crippen LogP contribution in [0.1, 0.15) is 17.3 Å². The lowest BCUT2D eigenvalue weighted by molar-refractivity contribution is 0.0698. The van der Waals surface area contributed by atoms with Crippen molar-refractivity contribution in [1.82, 2.24) is 0 Å². The van der Waals surface area contributed by atoms with Crippen LogP contribution in [0.5, 0.6) is 0 Å². The third-order valence-corrected chi connectivity index (χ3v) is 2.47. The van der Waals surface area contributed by atoms with Gasteiger partial charge in [-0.25, -0.2) is 4.79 Å². The maximum atomic E-state index is 10.9. The number of ether oxygens (including phenoxy) is 1. The molecule has 1 rings (SSSR count). The number of benzene rings is 1. The Hall–Kier alpha value is -1.07. The van der Waals surface area contributed by atoms with E-state index >= 15 is 0 Å². The molecule has 16 heavy (non-hydrogen) atoms. The maximum absolute atomic E-state index is 10.9. The van der Waals surface area contributed by atoms with Gasteiger partial charge in [0, 0.05) is 23.3 Å². The van der Waals surface area contributed by atoms with Gasteiger partial charge in [-0.3, -0.25) is 0 Å². The molecule has 0 fully saturated rings. The highest BCUT2D eigenvalue weighted by molar-refractivity contribution is 9.10. The Bertz CT molecular complexity index is 368. The summed E-state index contributed by atoms with van der Waals surface area (Å²) in [4.78, 5) is 10.9. The lowest BCUT2D eigenvalue weighted by Crippen LogP contribution is -2.12. The molecule has 4 nitrogen and oxygen atoms in total. The van der Waals surface area contributed by atoms with Crippen LogP contribution in [0.4, 0.5) is 5.69 Å². The zero-order chi connectivity index (χ0) is 12.0. The van der Waals surface area contributed by atoms with Crippen LogP contribution in [0.2, 0.25) is 0 Å². The van der Waals surface area contributed by atoms with E-state index in [2.05, 4.69) is 21.2 Å². The third kappa shape index (κ3) is 3.83. The average Bonchev–Trinajstić information content (AvgIpc) is 2.24. The molecule has 0 heterocycles. The molecule has 0 unspecified atom stereocenters. The van der Waals surface area contributed by atoms with Crippen molar-refractivity contribution in [3.63, 3.8) is 0 Å². The SMILES string of the molecule is CCOCCNc1cc(Br)ccc1C(=O)O. The van der Waals surface area contributed by atoms with E-state index in [0.29, 0.717) is 25.4 Å². The van der Waals surface area contributed by atoms with Gasteiger partial charge >= 0.3 is 5.97 Å². The van der Waals surface area contributed by atoms with E-state index in [-0.39, 0.29) is 5.56 Å². The fourth-order valence-electron chi connectivity index (χ4n) is 1.25. The third-order valence-electron chi connectivity index (χ3n) is 1.98. The minimum Gasteiger partial charge on any atom is -0.478 e. The number of aromatic carboxylic acids is 1. The first-order valence-electron chi connectivity index (χ1n) is 4.99. The van der Waals surface area contributed by atoms with E-state index in [0.717, 1.165) is 4.47 Å². The second-order valence-corrected chi connectivity index (χ2v) is 4.03. The van der Waals surface area contributed by atoms with Crippen molar-refractivity contribution in [3.05, 3.63) is 28.2 Å². The van der Waals surface area contributed by atoms with Crippen LogP contribution in [0.3, 0.4) is 0 Å². The van der Waals surface area contributed by atoms with E-state index in [1.807, 2.05) is 6.92 Å². The van der Waals surface area contributed by atoms with Gasteiger partial charge in [0.15, 0.2) is 0 Å². The molecule has 0 atom stereocenters. The molecule has 0 amide bonds. The van der Waals surface area contributed by atoms with Crippen molar-refractivity contribution >= 4 is 27.6 Å². The fourth-order valence-corrected chi connectivity index (χ4v) is 1.61. The number of halogens is 1. The first kappa shape index (κ1) is 13.0. The topological polar surface area (TPSA) is 58.6 Å².